The van der Waals surface area contributed by atoms with Crippen LogP contribution >= 0.6 is 15.9 Å². The van der Waals surface area contributed by atoms with Crippen LogP contribution in [0.1, 0.15) is 22.0 Å². The van der Waals surface area contributed by atoms with Gasteiger partial charge < -0.3 is 9.64 Å². The predicted molar refractivity (Wildman–Crippen MR) is 85.1 cm³/mol. The number of ether oxygens (including phenoxy) is 1. The van der Waals surface area contributed by atoms with E-state index in [1.807, 2.05) is 24.3 Å². The molecule has 1 aliphatic heterocycles. The molecule has 3 rings (SSSR count). The van der Waals surface area contributed by atoms with Gasteiger partial charge >= 0.3 is 0 Å². The lowest BCUT2D eigenvalue weighted by Gasteiger charge is -2.33. The summed E-state index contributed by atoms with van der Waals surface area (Å²) in [7, 11) is 0. The Morgan fingerprint density at radius 1 is 1.13 bits per heavy atom. The van der Waals surface area contributed by atoms with Gasteiger partial charge in [-0.1, -0.05) is 28.1 Å². The molecule has 0 aromatic heterocycles. The molecule has 3 nitrogen and oxygen atoms in total. The average Bonchev–Trinajstić information content (AvgIpc) is 2.57. The average molecular weight is 382 g/mol. The van der Waals surface area contributed by atoms with Gasteiger partial charge in [0.1, 0.15) is 6.10 Å². The topological polar surface area (TPSA) is 29.5 Å². The Morgan fingerprint density at radius 3 is 2.57 bits per heavy atom. The monoisotopic (exact) mass is 381 g/mol. The summed E-state index contributed by atoms with van der Waals surface area (Å²) in [6.45, 7) is 1.19. The first-order valence-corrected chi connectivity index (χ1v) is 7.95. The van der Waals surface area contributed by atoms with E-state index >= 15 is 0 Å². The molecule has 1 aliphatic rings. The Balaban J connectivity index is 1.76. The second-order valence-electron chi connectivity index (χ2n) is 5.29. The molecule has 0 radical (unpaired) electrons. The van der Waals surface area contributed by atoms with E-state index in [9.17, 15) is 13.6 Å². The molecule has 120 valence electrons. The van der Waals surface area contributed by atoms with E-state index in [-0.39, 0.29) is 17.6 Å². The summed E-state index contributed by atoms with van der Waals surface area (Å²) in [5.41, 5.74) is 1.11. The van der Waals surface area contributed by atoms with Crippen LogP contribution in [-0.4, -0.2) is 30.5 Å². The summed E-state index contributed by atoms with van der Waals surface area (Å²) in [6, 6.07) is 10.9. The molecule has 1 saturated heterocycles. The number of rotatable bonds is 2. The maximum absolute atomic E-state index is 13.3. The van der Waals surface area contributed by atoms with Crippen LogP contribution < -0.4 is 0 Å². The van der Waals surface area contributed by atoms with Crippen molar-refractivity contribution in [1.82, 2.24) is 4.90 Å². The normalized spacial score (nSPS) is 18.0. The van der Waals surface area contributed by atoms with Crippen molar-refractivity contribution in [2.75, 3.05) is 19.7 Å². The maximum Gasteiger partial charge on any atom is 0.254 e. The van der Waals surface area contributed by atoms with Crippen LogP contribution in [0.5, 0.6) is 0 Å². The summed E-state index contributed by atoms with van der Waals surface area (Å²) in [6.07, 6.45) is -0.230. The Labute approximate surface area is 141 Å². The third kappa shape index (κ3) is 3.59. The van der Waals surface area contributed by atoms with Gasteiger partial charge in [0.25, 0.3) is 5.91 Å². The third-order valence-corrected chi connectivity index (χ3v) is 4.29. The van der Waals surface area contributed by atoms with Gasteiger partial charge in [0.15, 0.2) is 11.6 Å². The summed E-state index contributed by atoms with van der Waals surface area (Å²) in [5, 5.41) is 0. The smallest absolute Gasteiger partial charge is 0.254 e. The van der Waals surface area contributed by atoms with E-state index in [0.717, 1.165) is 22.2 Å². The third-order valence-electron chi connectivity index (χ3n) is 3.76. The minimum atomic E-state index is -1.02. The Morgan fingerprint density at radius 2 is 1.87 bits per heavy atom. The minimum Gasteiger partial charge on any atom is -0.370 e. The zero-order chi connectivity index (χ0) is 16.4. The number of morpholine rings is 1. The number of halogens is 3. The fourth-order valence-corrected chi connectivity index (χ4v) is 2.79. The summed E-state index contributed by atoms with van der Waals surface area (Å²) in [5.74, 6) is -2.31. The lowest BCUT2D eigenvalue weighted by molar-refractivity contribution is -0.0228. The highest BCUT2D eigenvalue weighted by molar-refractivity contribution is 9.10. The highest BCUT2D eigenvalue weighted by Gasteiger charge is 2.26. The van der Waals surface area contributed by atoms with Crippen LogP contribution in [0.3, 0.4) is 0 Å². The first-order valence-electron chi connectivity index (χ1n) is 7.16. The predicted octanol–water partition coefficient (Wildman–Crippen LogP) is 3.94. The first kappa shape index (κ1) is 16.1. The quantitative estimate of drug-likeness (QED) is 0.788. The van der Waals surface area contributed by atoms with Crippen molar-refractivity contribution in [1.29, 1.82) is 0 Å². The van der Waals surface area contributed by atoms with Gasteiger partial charge in [0, 0.05) is 16.6 Å². The molecule has 1 heterocycles. The lowest BCUT2D eigenvalue weighted by atomic mass is 10.1. The largest absolute Gasteiger partial charge is 0.370 e. The van der Waals surface area contributed by atoms with E-state index in [4.69, 9.17) is 4.74 Å². The number of hydrogen-bond acceptors (Lipinski definition) is 2. The van der Waals surface area contributed by atoms with E-state index in [0.29, 0.717) is 19.7 Å². The summed E-state index contributed by atoms with van der Waals surface area (Å²) >= 11 is 3.38. The van der Waals surface area contributed by atoms with Crippen LogP contribution in [0.2, 0.25) is 0 Å². The molecule has 0 N–H and O–H groups in total. The first-order chi connectivity index (χ1) is 11.0. The SMILES string of the molecule is O=C(c1ccc(F)c(F)c1)N1CCOC(c2ccc(Br)cc2)C1. The highest BCUT2D eigenvalue weighted by Crippen LogP contribution is 2.25. The van der Waals surface area contributed by atoms with Crippen molar-refractivity contribution in [3.8, 4) is 0 Å². The number of carbonyl (C=O) groups is 1. The van der Waals surface area contributed by atoms with Crippen molar-refractivity contribution in [3.05, 3.63) is 69.7 Å². The van der Waals surface area contributed by atoms with Gasteiger partial charge in [0.2, 0.25) is 0 Å². The van der Waals surface area contributed by atoms with Gasteiger partial charge in [-0.05, 0) is 35.9 Å². The highest BCUT2D eigenvalue weighted by atomic mass is 79.9. The zero-order valence-corrected chi connectivity index (χ0v) is 13.7. The van der Waals surface area contributed by atoms with Crippen molar-refractivity contribution in [3.63, 3.8) is 0 Å². The minimum absolute atomic E-state index is 0.139. The van der Waals surface area contributed by atoms with Gasteiger partial charge in [0.05, 0.1) is 13.2 Å². The van der Waals surface area contributed by atoms with E-state index in [1.165, 1.54) is 6.07 Å². The molecule has 6 heteroatoms. The number of hydrogen-bond donors (Lipinski definition) is 0. The Bertz CT molecular complexity index is 721. The molecule has 23 heavy (non-hydrogen) atoms. The molecule has 0 spiro atoms. The van der Waals surface area contributed by atoms with Gasteiger partial charge in [-0.3, -0.25) is 4.79 Å². The van der Waals surface area contributed by atoms with Crippen LogP contribution in [0, 0.1) is 11.6 Å². The van der Waals surface area contributed by atoms with Crippen molar-refractivity contribution >= 4 is 21.8 Å². The van der Waals surface area contributed by atoms with Gasteiger partial charge in [-0.25, -0.2) is 8.78 Å². The second-order valence-corrected chi connectivity index (χ2v) is 6.21. The molecule has 2 aromatic carbocycles. The van der Waals surface area contributed by atoms with Crippen LogP contribution in [0.15, 0.2) is 46.9 Å². The number of amides is 1. The van der Waals surface area contributed by atoms with Crippen molar-refractivity contribution < 1.29 is 18.3 Å². The molecule has 0 bridgehead atoms. The number of benzene rings is 2. The standard InChI is InChI=1S/C17H14BrF2NO2/c18-13-4-1-11(2-5-13)16-10-21(7-8-23-16)17(22)12-3-6-14(19)15(20)9-12/h1-6,9,16H,7-8,10H2. The molecular weight excluding hydrogens is 368 g/mol. The van der Waals surface area contributed by atoms with Crippen molar-refractivity contribution in [2.24, 2.45) is 0 Å². The lowest BCUT2D eigenvalue weighted by Crippen LogP contribution is -2.42. The summed E-state index contributed by atoms with van der Waals surface area (Å²) < 4.78 is 33.0. The van der Waals surface area contributed by atoms with Crippen molar-refractivity contribution in [2.45, 2.75) is 6.10 Å². The fourth-order valence-electron chi connectivity index (χ4n) is 2.52. The summed E-state index contributed by atoms with van der Waals surface area (Å²) in [4.78, 5) is 14.1. The van der Waals surface area contributed by atoms with E-state index in [1.54, 1.807) is 4.90 Å². The van der Waals surface area contributed by atoms with Crippen LogP contribution in [0.4, 0.5) is 8.78 Å². The fraction of sp³-hybridized carbons (Fsp3) is 0.235. The van der Waals surface area contributed by atoms with Gasteiger partial charge in [-0.15, -0.1) is 0 Å². The number of nitrogens with zero attached hydrogens (tertiary/aromatic N) is 1. The molecule has 1 amide bonds. The second kappa shape index (κ2) is 6.76. The van der Waals surface area contributed by atoms with Crippen LogP contribution in [-0.2, 0) is 4.74 Å². The molecule has 0 saturated carbocycles. The maximum atomic E-state index is 13.3. The zero-order valence-electron chi connectivity index (χ0n) is 12.1. The van der Waals surface area contributed by atoms with Crippen LogP contribution in [0.25, 0.3) is 0 Å². The van der Waals surface area contributed by atoms with E-state index in [2.05, 4.69) is 15.9 Å². The van der Waals surface area contributed by atoms with E-state index < -0.39 is 11.6 Å². The Kier molecular flexibility index (Phi) is 4.73. The number of carbonyl (C=O) groups excluding carboxylic acids is 1. The molecule has 1 atom stereocenters. The Hall–Kier alpha value is -1.79. The molecular formula is C17H14BrF2NO2. The van der Waals surface area contributed by atoms with Gasteiger partial charge in [-0.2, -0.15) is 0 Å². The molecule has 1 unspecified atom stereocenters. The molecule has 1 fully saturated rings. The molecule has 0 aliphatic carbocycles. The molecule has 2 aromatic rings.